The number of ketones is 1. The van der Waals surface area contributed by atoms with Crippen molar-refractivity contribution in [1.82, 2.24) is 9.97 Å². The van der Waals surface area contributed by atoms with Crippen LogP contribution in [-0.4, -0.2) is 27.3 Å². The lowest BCUT2D eigenvalue weighted by atomic mass is 10.0. The third kappa shape index (κ3) is 1.88. The summed E-state index contributed by atoms with van der Waals surface area (Å²) in [4.78, 5) is 19.6. The second-order valence-electron chi connectivity index (χ2n) is 3.02. The van der Waals surface area contributed by atoms with Gasteiger partial charge in [0, 0.05) is 24.1 Å². The Morgan fingerprint density at radius 1 is 1.54 bits per heavy atom. The highest BCUT2D eigenvalue weighted by atomic mass is 32.2. The Labute approximate surface area is 81.0 Å². The molecule has 1 unspecified atom stereocenters. The molecule has 1 fully saturated rings. The maximum atomic E-state index is 11.7. The highest BCUT2D eigenvalue weighted by Gasteiger charge is 2.24. The van der Waals surface area contributed by atoms with Gasteiger partial charge in [-0.1, -0.05) is 0 Å². The molecule has 13 heavy (non-hydrogen) atoms. The van der Waals surface area contributed by atoms with E-state index < -0.39 is 0 Å². The van der Waals surface area contributed by atoms with E-state index in [9.17, 15) is 4.79 Å². The Kier molecular flexibility index (Phi) is 2.59. The molecule has 1 aliphatic heterocycles. The van der Waals surface area contributed by atoms with Crippen LogP contribution in [0.2, 0.25) is 0 Å². The maximum absolute atomic E-state index is 11.7. The molecule has 2 heterocycles. The molecular formula is C9H10N2OS. The molecule has 1 saturated heterocycles. The molecule has 0 amide bonds. The van der Waals surface area contributed by atoms with Gasteiger partial charge in [0.05, 0.1) is 6.20 Å². The number of hydrogen-bond acceptors (Lipinski definition) is 4. The average Bonchev–Trinajstić information content (AvgIpc) is 2.71. The van der Waals surface area contributed by atoms with E-state index >= 15 is 0 Å². The Morgan fingerprint density at radius 3 is 3.08 bits per heavy atom. The lowest BCUT2D eigenvalue weighted by Crippen LogP contribution is -2.15. The number of aromatic nitrogens is 2. The van der Waals surface area contributed by atoms with Gasteiger partial charge in [-0.15, -0.1) is 0 Å². The highest BCUT2D eigenvalue weighted by Crippen LogP contribution is 2.25. The number of rotatable bonds is 2. The van der Waals surface area contributed by atoms with Gasteiger partial charge in [-0.2, -0.15) is 11.8 Å². The van der Waals surface area contributed by atoms with Crippen molar-refractivity contribution in [1.29, 1.82) is 0 Å². The predicted octanol–water partition coefficient (Wildman–Crippen LogP) is 1.41. The molecule has 2 rings (SSSR count). The molecule has 4 heteroatoms. The molecule has 68 valence electrons. The molecule has 0 aliphatic carbocycles. The van der Waals surface area contributed by atoms with Gasteiger partial charge in [-0.05, 0) is 12.2 Å². The number of Topliss-reactive ketones (excluding diaryl/α,β-unsaturated/α-hetero) is 1. The molecule has 0 saturated carbocycles. The first-order valence-corrected chi connectivity index (χ1v) is 5.41. The molecule has 0 bridgehead atoms. The van der Waals surface area contributed by atoms with E-state index in [0.717, 1.165) is 17.9 Å². The summed E-state index contributed by atoms with van der Waals surface area (Å²) in [6, 6.07) is 0. The fourth-order valence-electron chi connectivity index (χ4n) is 1.38. The highest BCUT2D eigenvalue weighted by molar-refractivity contribution is 7.99. The summed E-state index contributed by atoms with van der Waals surface area (Å²) in [6.45, 7) is 0. The third-order valence-electron chi connectivity index (χ3n) is 2.12. The third-order valence-corrected chi connectivity index (χ3v) is 3.28. The van der Waals surface area contributed by atoms with E-state index in [4.69, 9.17) is 0 Å². The van der Waals surface area contributed by atoms with Gasteiger partial charge in [-0.3, -0.25) is 9.78 Å². The molecular weight excluding hydrogens is 184 g/mol. The second kappa shape index (κ2) is 3.87. The fourth-order valence-corrected chi connectivity index (χ4v) is 2.60. The molecule has 0 aromatic carbocycles. The largest absolute Gasteiger partial charge is 0.292 e. The quantitative estimate of drug-likeness (QED) is 0.668. The summed E-state index contributed by atoms with van der Waals surface area (Å²) in [5.74, 6) is 2.35. The molecule has 1 aliphatic rings. The number of carbonyl (C=O) groups excluding carboxylic acids is 1. The molecule has 0 spiro atoms. The van der Waals surface area contributed by atoms with Crippen LogP contribution in [0.15, 0.2) is 18.6 Å². The van der Waals surface area contributed by atoms with Crippen molar-refractivity contribution >= 4 is 17.5 Å². The minimum absolute atomic E-state index is 0.151. The standard InChI is InChI=1S/C9H10N2OS/c12-9(7-1-4-13-6-7)8-5-10-2-3-11-8/h2-3,5,7H,1,4,6H2. The monoisotopic (exact) mass is 194 g/mol. The number of thioether (sulfide) groups is 1. The normalized spacial score (nSPS) is 21.7. The number of nitrogens with zero attached hydrogens (tertiary/aromatic N) is 2. The van der Waals surface area contributed by atoms with Gasteiger partial charge in [-0.25, -0.2) is 4.98 Å². The zero-order chi connectivity index (χ0) is 9.10. The average molecular weight is 194 g/mol. The summed E-state index contributed by atoms with van der Waals surface area (Å²) in [6.07, 6.45) is 5.68. The van der Waals surface area contributed by atoms with Gasteiger partial charge >= 0.3 is 0 Å². The Hall–Kier alpha value is -0.900. The van der Waals surface area contributed by atoms with E-state index in [1.807, 2.05) is 11.8 Å². The van der Waals surface area contributed by atoms with Crippen molar-refractivity contribution in [3.63, 3.8) is 0 Å². The smallest absolute Gasteiger partial charge is 0.186 e. The van der Waals surface area contributed by atoms with E-state index in [1.165, 1.54) is 0 Å². The van der Waals surface area contributed by atoms with E-state index in [2.05, 4.69) is 9.97 Å². The van der Waals surface area contributed by atoms with Crippen LogP contribution < -0.4 is 0 Å². The first-order valence-electron chi connectivity index (χ1n) is 4.26. The molecule has 0 radical (unpaired) electrons. The zero-order valence-corrected chi connectivity index (χ0v) is 7.96. The molecule has 1 aromatic rings. The molecule has 3 nitrogen and oxygen atoms in total. The Morgan fingerprint density at radius 2 is 2.46 bits per heavy atom. The maximum Gasteiger partial charge on any atom is 0.186 e. The summed E-state index contributed by atoms with van der Waals surface area (Å²) < 4.78 is 0. The topological polar surface area (TPSA) is 42.9 Å². The second-order valence-corrected chi connectivity index (χ2v) is 4.17. The van der Waals surface area contributed by atoms with Crippen molar-refractivity contribution in [3.8, 4) is 0 Å². The first-order chi connectivity index (χ1) is 6.38. The molecule has 1 atom stereocenters. The summed E-state index contributed by atoms with van der Waals surface area (Å²) >= 11 is 1.84. The lowest BCUT2D eigenvalue weighted by molar-refractivity contribution is 0.0928. The van der Waals surface area contributed by atoms with Crippen LogP contribution in [0.5, 0.6) is 0 Å². The summed E-state index contributed by atoms with van der Waals surface area (Å²) in [5.41, 5.74) is 0.509. The van der Waals surface area contributed by atoms with Gasteiger partial charge in [0.25, 0.3) is 0 Å². The lowest BCUT2D eigenvalue weighted by Gasteiger charge is -2.04. The van der Waals surface area contributed by atoms with E-state index in [0.29, 0.717) is 5.69 Å². The van der Waals surface area contributed by atoms with E-state index in [1.54, 1.807) is 18.6 Å². The van der Waals surface area contributed by atoms with Gasteiger partial charge < -0.3 is 0 Å². The Bertz CT molecular complexity index is 296. The minimum atomic E-state index is 0.151. The summed E-state index contributed by atoms with van der Waals surface area (Å²) in [5, 5.41) is 0. The predicted molar refractivity (Wildman–Crippen MR) is 51.8 cm³/mol. The van der Waals surface area contributed by atoms with Crippen LogP contribution in [0.1, 0.15) is 16.9 Å². The minimum Gasteiger partial charge on any atom is -0.292 e. The van der Waals surface area contributed by atoms with Gasteiger partial charge in [0.1, 0.15) is 5.69 Å². The van der Waals surface area contributed by atoms with Crippen molar-refractivity contribution in [2.24, 2.45) is 5.92 Å². The molecule has 0 N–H and O–H groups in total. The number of carbonyl (C=O) groups is 1. The molecule has 1 aromatic heterocycles. The fraction of sp³-hybridized carbons (Fsp3) is 0.444. The summed E-state index contributed by atoms with van der Waals surface area (Å²) in [7, 11) is 0. The van der Waals surface area contributed by atoms with Crippen molar-refractivity contribution < 1.29 is 4.79 Å². The first kappa shape index (κ1) is 8.69. The van der Waals surface area contributed by atoms with Crippen LogP contribution in [0, 0.1) is 5.92 Å². The van der Waals surface area contributed by atoms with Crippen LogP contribution >= 0.6 is 11.8 Å². The number of hydrogen-bond donors (Lipinski definition) is 0. The SMILES string of the molecule is O=C(c1cnccn1)C1CCSC1. The van der Waals surface area contributed by atoms with E-state index in [-0.39, 0.29) is 11.7 Å². The van der Waals surface area contributed by atoms with Gasteiger partial charge in [0.2, 0.25) is 0 Å². The van der Waals surface area contributed by atoms with Crippen molar-refractivity contribution in [3.05, 3.63) is 24.3 Å². The van der Waals surface area contributed by atoms with Crippen molar-refractivity contribution in [2.45, 2.75) is 6.42 Å². The van der Waals surface area contributed by atoms with Crippen LogP contribution in [0.3, 0.4) is 0 Å². The van der Waals surface area contributed by atoms with Crippen LogP contribution in [0.4, 0.5) is 0 Å². The van der Waals surface area contributed by atoms with Crippen LogP contribution in [-0.2, 0) is 0 Å². The Balaban J connectivity index is 2.13. The van der Waals surface area contributed by atoms with Crippen molar-refractivity contribution in [2.75, 3.05) is 11.5 Å². The zero-order valence-electron chi connectivity index (χ0n) is 7.14. The van der Waals surface area contributed by atoms with Gasteiger partial charge in [0.15, 0.2) is 5.78 Å². The van der Waals surface area contributed by atoms with Crippen LogP contribution in [0.25, 0.3) is 0 Å².